The molecule has 3 aromatic carbocycles. The average molecular weight is 489 g/mol. The quantitative estimate of drug-likeness (QED) is 0.427. The van der Waals surface area contributed by atoms with Crippen LogP contribution in [0.1, 0.15) is 11.1 Å². The van der Waals surface area contributed by atoms with Gasteiger partial charge in [0.25, 0.3) is 5.91 Å². The van der Waals surface area contributed by atoms with Crippen LogP contribution in [0.4, 0.5) is 0 Å². The number of hydrazone groups is 1. The van der Waals surface area contributed by atoms with Crippen molar-refractivity contribution in [2.24, 2.45) is 10.1 Å². The van der Waals surface area contributed by atoms with Crippen LogP contribution in [0.5, 0.6) is 5.75 Å². The summed E-state index contributed by atoms with van der Waals surface area (Å²) in [5.41, 5.74) is 1.13. The zero-order valence-electron chi connectivity index (χ0n) is 17.5. The van der Waals surface area contributed by atoms with Crippen LogP contribution in [0.15, 0.2) is 105 Å². The monoisotopic (exact) mass is 488 g/mol. The van der Waals surface area contributed by atoms with E-state index in [9.17, 15) is 13.2 Å². The van der Waals surface area contributed by atoms with E-state index >= 15 is 0 Å². The van der Waals surface area contributed by atoms with Gasteiger partial charge in [-0.15, -0.1) is 0 Å². The van der Waals surface area contributed by atoms with Crippen molar-refractivity contribution in [1.29, 1.82) is 5.41 Å². The number of benzene rings is 3. The summed E-state index contributed by atoms with van der Waals surface area (Å²) in [5, 5.41) is 15.2. The Hall–Kier alpha value is -4.02. The number of rotatable bonds is 5. The summed E-state index contributed by atoms with van der Waals surface area (Å²) >= 11 is 1.21. The number of fused-ring (bicyclic) bond motifs is 1. The summed E-state index contributed by atoms with van der Waals surface area (Å²) in [6, 6.07) is 23.5. The second-order valence-corrected chi connectivity index (χ2v) is 9.68. The Morgan fingerprint density at radius 1 is 0.912 bits per heavy atom. The van der Waals surface area contributed by atoms with Gasteiger partial charge in [0.2, 0.25) is 5.17 Å². The second kappa shape index (κ2) is 8.73. The molecule has 0 fully saturated rings. The van der Waals surface area contributed by atoms with E-state index in [1.807, 2.05) is 30.3 Å². The molecule has 10 heteroatoms. The third-order valence-electron chi connectivity index (χ3n) is 4.93. The topological polar surface area (TPSA) is 112 Å². The largest absolute Gasteiger partial charge is 0.378 e. The van der Waals surface area contributed by atoms with Crippen molar-refractivity contribution in [3.8, 4) is 5.75 Å². The maximum absolute atomic E-state index is 12.8. The zero-order valence-corrected chi connectivity index (χ0v) is 19.1. The summed E-state index contributed by atoms with van der Waals surface area (Å²) in [5.74, 6) is -0.748. The van der Waals surface area contributed by atoms with Gasteiger partial charge in [-0.2, -0.15) is 23.5 Å². The van der Waals surface area contributed by atoms with E-state index in [1.165, 1.54) is 41.0 Å². The maximum atomic E-state index is 12.8. The van der Waals surface area contributed by atoms with Gasteiger partial charge in [0.15, 0.2) is 5.84 Å². The SMILES string of the molecule is N=C1C(=Cc2ccccc2OS(=O)(=O)c2ccccc2)C(=O)N=C2SC(c3ccccc3)=NN12. The van der Waals surface area contributed by atoms with E-state index in [4.69, 9.17) is 9.59 Å². The zero-order chi connectivity index (χ0) is 23.7. The molecule has 0 bridgehead atoms. The number of nitrogens with zero attached hydrogens (tertiary/aromatic N) is 3. The second-order valence-electron chi connectivity index (χ2n) is 7.18. The number of aliphatic imine (C=N–C) groups is 1. The van der Waals surface area contributed by atoms with Gasteiger partial charge in [-0.3, -0.25) is 10.2 Å². The lowest BCUT2D eigenvalue weighted by atomic mass is 10.1. The number of hydrogen-bond donors (Lipinski definition) is 1. The Kier molecular flexibility index (Phi) is 5.60. The molecule has 0 saturated heterocycles. The van der Waals surface area contributed by atoms with Crippen LogP contribution in [0.2, 0.25) is 0 Å². The summed E-state index contributed by atoms with van der Waals surface area (Å²) in [6.45, 7) is 0. The van der Waals surface area contributed by atoms with Gasteiger partial charge in [0.1, 0.15) is 15.7 Å². The number of carbonyl (C=O) groups excluding carboxylic acids is 1. The Labute approximate surface area is 199 Å². The number of amides is 1. The molecule has 5 rings (SSSR count). The lowest BCUT2D eigenvalue weighted by Gasteiger charge is -2.20. The van der Waals surface area contributed by atoms with E-state index in [1.54, 1.807) is 36.4 Å². The molecule has 0 aromatic heterocycles. The van der Waals surface area contributed by atoms with Crippen LogP contribution >= 0.6 is 11.8 Å². The lowest BCUT2D eigenvalue weighted by molar-refractivity contribution is -0.114. The van der Waals surface area contributed by atoms with Crippen molar-refractivity contribution < 1.29 is 17.4 Å². The molecule has 8 nitrogen and oxygen atoms in total. The van der Waals surface area contributed by atoms with Crippen molar-refractivity contribution >= 4 is 49.9 Å². The third kappa shape index (κ3) is 4.16. The minimum atomic E-state index is -4.09. The summed E-state index contributed by atoms with van der Waals surface area (Å²) in [4.78, 5) is 16.9. The van der Waals surface area contributed by atoms with Crippen molar-refractivity contribution in [3.05, 3.63) is 102 Å². The first-order valence-corrected chi connectivity index (χ1v) is 12.3. The van der Waals surface area contributed by atoms with Crippen LogP contribution in [0, 0.1) is 5.41 Å². The summed E-state index contributed by atoms with van der Waals surface area (Å²) in [7, 11) is -4.09. The van der Waals surface area contributed by atoms with E-state index in [2.05, 4.69) is 10.1 Å². The molecule has 0 unspecified atom stereocenters. The van der Waals surface area contributed by atoms with Gasteiger partial charge in [-0.1, -0.05) is 66.7 Å². The van der Waals surface area contributed by atoms with Crippen LogP contribution in [-0.4, -0.2) is 35.4 Å². The Morgan fingerprint density at radius 3 is 2.29 bits per heavy atom. The first kappa shape index (κ1) is 21.8. The standard InChI is InChI=1S/C24H16N4O4S2/c25-21-19(22(29)26-24-28(21)27-23(33-24)16-9-3-1-4-10-16)15-17-11-7-8-14-20(17)32-34(30,31)18-12-5-2-6-13-18/h1-15,25H. The number of amidine groups is 2. The molecule has 2 heterocycles. The fraction of sp³-hybridized carbons (Fsp3) is 0. The fourth-order valence-electron chi connectivity index (χ4n) is 3.27. The first-order chi connectivity index (χ1) is 16.4. The molecule has 1 N–H and O–H groups in total. The van der Waals surface area contributed by atoms with Gasteiger partial charge in [0, 0.05) is 11.1 Å². The van der Waals surface area contributed by atoms with E-state index in [0.717, 1.165) is 5.56 Å². The smallest absolute Gasteiger partial charge is 0.339 e. The Morgan fingerprint density at radius 2 is 1.56 bits per heavy atom. The molecule has 1 amide bonds. The van der Waals surface area contributed by atoms with E-state index in [0.29, 0.717) is 15.8 Å². The molecular weight excluding hydrogens is 472 g/mol. The number of thioether (sulfide) groups is 1. The van der Waals surface area contributed by atoms with Crippen LogP contribution in [0.3, 0.4) is 0 Å². The fourth-order valence-corrected chi connectivity index (χ4v) is 5.15. The third-order valence-corrected chi connectivity index (χ3v) is 7.13. The van der Waals surface area contributed by atoms with Crippen molar-refractivity contribution in [2.45, 2.75) is 4.90 Å². The van der Waals surface area contributed by atoms with Crippen molar-refractivity contribution in [3.63, 3.8) is 0 Å². The molecule has 0 aliphatic carbocycles. The summed E-state index contributed by atoms with van der Waals surface area (Å²) < 4.78 is 30.7. The average Bonchev–Trinajstić information content (AvgIpc) is 3.28. The Balaban J connectivity index is 1.48. The predicted octanol–water partition coefficient (Wildman–Crippen LogP) is 4.12. The van der Waals surface area contributed by atoms with E-state index < -0.39 is 16.0 Å². The normalized spacial score (nSPS) is 16.8. The molecular formula is C24H16N4O4S2. The first-order valence-electron chi connectivity index (χ1n) is 10.1. The molecule has 0 saturated carbocycles. The molecule has 168 valence electrons. The van der Waals surface area contributed by atoms with Crippen molar-refractivity contribution in [1.82, 2.24) is 5.01 Å². The van der Waals surface area contributed by atoms with E-state index in [-0.39, 0.29) is 22.1 Å². The number of carbonyl (C=O) groups is 1. The highest BCUT2D eigenvalue weighted by Gasteiger charge is 2.36. The minimum Gasteiger partial charge on any atom is -0.378 e. The lowest BCUT2D eigenvalue weighted by Crippen LogP contribution is -2.35. The number of para-hydroxylation sites is 1. The molecule has 0 atom stereocenters. The molecule has 0 spiro atoms. The molecule has 34 heavy (non-hydrogen) atoms. The highest BCUT2D eigenvalue weighted by atomic mass is 32.2. The van der Waals surface area contributed by atoms with Crippen LogP contribution in [-0.2, 0) is 14.9 Å². The van der Waals surface area contributed by atoms with Gasteiger partial charge in [-0.25, -0.2) is 0 Å². The van der Waals surface area contributed by atoms with Gasteiger partial charge in [0.05, 0.1) is 5.57 Å². The van der Waals surface area contributed by atoms with Gasteiger partial charge in [-0.05, 0) is 36.0 Å². The molecule has 0 radical (unpaired) electrons. The predicted molar refractivity (Wildman–Crippen MR) is 131 cm³/mol. The highest BCUT2D eigenvalue weighted by Crippen LogP contribution is 2.32. The highest BCUT2D eigenvalue weighted by molar-refractivity contribution is 8.27. The van der Waals surface area contributed by atoms with Crippen LogP contribution < -0.4 is 4.18 Å². The number of nitrogens with one attached hydrogen (secondary N) is 1. The summed E-state index contributed by atoms with van der Waals surface area (Å²) in [6.07, 6.45) is 1.39. The van der Waals surface area contributed by atoms with Crippen LogP contribution in [0.25, 0.3) is 6.08 Å². The molecule has 2 aliphatic heterocycles. The van der Waals surface area contributed by atoms with Gasteiger partial charge < -0.3 is 4.18 Å². The Bertz CT molecular complexity index is 1500. The number of hydrogen-bond acceptors (Lipinski definition) is 7. The molecule has 3 aromatic rings. The molecule has 2 aliphatic rings. The minimum absolute atomic E-state index is 0.00468. The van der Waals surface area contributed by atoms with Gasteiger partial charge >= 0.3 is 10.1 Å². The maximum Gasteiger partial charge on any atom is 0.339 e. The van der Waals surface area contributed by atoms with Crippen molar-refractivity contribution in [2.75, 3.05) is 0 Å².